The molecule has 0 bridgehead atoms. The van der Waals surface area contributed by atoms with Gasteiger partial charge in [0.05, 0.1) is 12.2 Å². The van der Waals surface area contributed by atoms with Gasteiger partial charge >= 0.3 is 0 Å². The number of allylic oxidation sites excluding steroid dienone is 2. The van der Waals surface area contributed by atoms with E-state index in [0.717, 1.165) is 49.1 Å². The third-order valence-corrected chi connectivity index (χ3v) is 6.11. The number of H-pyrrole nitrogens is 1. The van der Waals surface area contributed by atoms with Gasteiger partial charge in [-0.1, -0.05) is 32.6 Å². The molecule has 1 saturated heterocycles. The Morgan fingerprint density at radius 3 is 2.57 bits per heavy atom. The van der Waals surface area contributed by atoms with Crippen LogP contribution < -0.4 is 21.4 Å². The van der Waals surface area contributed by atoms with Crippen LogP contribution in [0.2, 0.25) is 0 Å². The monoisotopic (exact) mass is 507 g/mol. The van der Waals surface area contributed by atoms with E-state index in [-0.39, 0.29) is 12.4 Å². The smallest absolute Gasteiger partial charge is 0.227 e. The van der Waals surface area contributed by atoms with Crippen molar-refractivity contribution in [1.29, 1.82) is 0 Å². The summed E-state index contributed by atoms with van der Waals surface area (Å²) in [4.78, 5) is 19.0. The van der Waals surface area contributed by atoms with Crippen LogP contribution in [-0.4, -0.2) is 64.8 Å². The van der Waals surface area contributed by atoms with Crippen molar-refractivity contribution in [2.75, 3.05) is 55.3 Å². The number of nitrogens with zero attached hydrogens (tertiary/aromatic N) is 5. The van der Waals surface area contributed by atoms with Crippen LogP contribution in [0.3, 0.4) is 0 Å². The number of nitrogens with one attached hydrogen (secondary N) is 3. The lowest BCUT2D eigenvalue weighted by atomic mass is 10.1. The molecule has 0 radical (unpaired) electrons. The Balaban J connectivity index is 1.53. The third-order valence-electron chi connectivity index (χ3n) is 6.11. The molecular formula is C26H34FN9O. The average Bonchev–Trinajstić information content (AvgIpc) is 3.36. The Bertz CT molecular complexity index is 1230. The number of hydrogen-bond acceptors (Lipinski definition) is 9. The zero-order chi connectivity index (χ0) is 26.4. The summed E-state index contributed by atoms with van der Waals surface area (Å²) in [6.07, 6.45) is 1.70. The van der Waals surface area contributed by atoms with Gasteiger partial charge in [0.2, 0.25) is 5.95 Å². The highest BCUT2D eigenvalue weighted by Gasteiger charge is 2.18. The number of aromatic nitrogens is 4. The minimum absolute atomic E-state index is 0.226. The van der Waals surface area contributed by atoms with Crippen LogP contribution >= 0.6 is 0 Å². The second-order valence-electron chi connectivity index (χ2n) is 9.33. The van der Waals surface area contributed by atoms with Crippen LogP contribution in [-0.2, 0) is 4.84 Å². The van der Waals surface area contributed by atoms with E-state index in [1.807, 2.05) is 12.1 Å². The minimum Gasteiger partial charge on any atom is -0.414 e. The predicted molar refractivity (Wildman–Crippen MR) is 145 cm³/mol. The van der Waals surface area contributed by atoms with E-state index in [4.69, 9.17) is 15.7 Å². The van der Waals surface area contributed by atoms with Crippen LogP contribution in [0.4, 0.5) is 27.8 Å². The first kappa shape index (κ1) is 26.1. The van der Waals surface area contributed by atoms with Crippen molar-refractivity contribution in [3.05, 3.63) is 71.9 Å². The maximum atomic E-state index is 13.3. The third kappa shape index (κ3) is 7.05. The van der Waals surface area contributed by atoms with Crippen molar-refractivity contribution in [1.82, 2.24) is 25.1 Å². The molecule has 0 unspecified atom stereocenters. The van der Waals surface area contributed by atoms with Crippen molar-refractivity contribution in [2.24, 2.45) is 5.90 Å². The van der Waals surface area contributed by atoms with E-state index in [1.54, 1.807) is 18.2 Å². The number of likely N-dealkylation sites (N-methyl/N-ethyl adjacent to an activating group) is 1. The number of rotatable bonds is 10. The summed E-state index contributed by atoms with van der Waals surface area (Å²) in [5, 5.41) is 13.9. The van der Waals surface area contributed by atoms with Crippen LogP contribution in [0.15, 0.2) is 54.8 Å². The highest BCUT2D eigenvalue weighted by molar-refractivity contribution is 5.72. The van der Waals surface area contributed by atoms with Crippen molar-refractivity contribution < 1.29 is 9.23 Å². The Kier molecular flexibility index (Phi) is 8.36. The molecule has 0 amide bonds. The summed E-state index contributed by atoms with van der Waals surface area (Å²) >= 11 is 0. The molecule has 1 aliphatic rings. The van der Waals surface area contributed by atoms with E-state index in [1.165, 1.54) is 12.1 Å². The van der Waals surface area contributed by atoms with E-state index >= 15 is 0 Å². The molecule has 3 aromatic rings. The lowest BCUT2D eigenvalue weighted by molar-refractivity contribution is 0.220. The highest BCUT2D eigenvalue weighted by atomic mass is 19.1. The molecule has 5 N–H and O–H groups in total. The number of hydrogen-bond donors (Lipinski definition) is 4. The zero-order valence-corrected chi connectivity index (χ0v) is 21.5. The van der Waals surface area contributed by atoms with E-state index in [2.05, 4.69) is 63.1 Å². The zero-order valence-electron chi connectivity index (χ0n) is 21.5. The molecular weight excluding hydrogens is 473 g/mol. The van der Waals surface area contributed by atoms with Gasteiger partial charge in [-0.3, -0.25) is 5.10 Å². The van der Waals surface area contributed by atoms with E-state index in [9.17, 15) is 4.39 Å². The van der Waals surface area contributed by atoms with E-state index < -0.39 is 0 Å². The Morgan fingerprint density at radius 1 is 1.19 bits per heavy atom. The van der Waals surface area contributed by atoms with Crippen LogP contribution in [0.25, 0.3) is 5.57 Å². The first-order chi connectivity index (χ1) is 17.8. The number of aromatic amines is 1. The Morgan fingerprint density at radius 2 is 1.92 bits per heavy atom. The average molecular weight is 508 g/mol. The van der Waals surface area contributed by atoms with Gasteiger partial charge in [0.15, 0.2) is 0 Å². The molecule has 11 heteroatoms. The van der Waals surface area contributed by atoms with Gasteiger partial charge < -0.3 is 25.3 Å². The SMILES string of the molecule is C=C(/C=C(/CNc1nc(Nc2cc(C(C)C)n[nH]2)cc(N2CCN(C)CC2)n1)ON)c1ccc(F)cc1. The molecule has 4 rings (SSSR count). The Hall–Kier alpha value is -3.96. The second kappa shape index (κ2) is 11.8. The molecule has 196 valence electrons. The van der Waals surface area contributed by atoms with Crippen LogP contribution in [0.5, 0.6) is 0 Å². The number of halogens is 1. The number of nitrogens with two attached hydrogens (primary N) is 1. The highest BCUT2D eigenvalue weighted by Crippen LogP contribution is 2.24. The van der Waals surface area contributed by atoms with Crippen LogP contribution in [0.1, 0.15) is 31.0 Å². The van der Waals surface area contributed by atoms with Gasteiger partial charge in [0.1, 0.15) is 29.0 Å². The van der Waals surface area contributed by atoms with Gasteiger partial charge in [0.25, 0.3) is 0 Å². The molecule has 37 heavy (non-hydrogen) atoms. The molecule has 10 nitrogen and oxygen atoms in total. The maximum absolute atomic E-state index is 13.3. The van der Waals surface area contributed by atoms with Gasteiger partial charge in [-0.25, -0.2) is 4.39 Å². The molecule has 1 aromatic carbocycles. The minimum atomic E-state index is -0.310. The fraction of sp³-hybridized carbons (Fsp3) is 0.346. The summed E-state index contributed by atoms with van der Waals surface area (Å²) in [6, 6.07) is 9.96. The van der Waals surface area contributed by atoms with Gasteiger partial charge in [0, 0.05) is 38.3 Å². The quantitative estimate of drug-likeness (QED) is 0.184. The standard InChI is InChI=1S/C26H34FN9O/c1-17(2)22-14-24(34-33-22)30-23-15-25(36-11-9-35(4)10-12-36)32-26(31-23)29-16-21(37-28)13-18(3)19-5-7-20(27)8-6-19/h5-8,13-15,17H,3,9-12,16,28H2,1-2,4H3,(H3,29,30,31,32,33,34)/b21-13-. The van der Waals surface area contributed by atoms with Gasteiger partial charge in [-0.2, -0.15) is 21.0 Å². The molecule has 1 aliphatic heterocycles. The second-order valence-corrected chi connectivity index (χ2v) is 9.33. The number of piperazine rings is 1. The largest absolute Gasteiger partial charge is 0.414 e. The fourth-order valence-electron chi connectivity index (χ4n) is 3.84. The summed E-state index contributed by atoms with van der Waals surface area (Å²) in [7, 11) is 2.11. The maximum Gasteiger partial charge on any atom is 0.227 e. The van der Waals surface area contributed by atoms with Gasteiger partial charge in [-0.15, -0.1) is 0 Å². The topological polar surface area (TPSA) is 120 Å². The van der Waals surface area contributed by atoms with Gasteiger partial charge in [-0.05, 0) is 42.3 Å². The Labute approximate surface area is 216 Å². The molecule has 3 heterocycles. The molecule has 2 aromatic heterocycles. The van der Waals surface area contributed by atoms with Crippen molar-refractivity contribution >= 4 is 29.0 Å². The number of benzene rings is 1. The van der Waals surface area contributed by atoms with E-state index in [0.29, 0.717) is 29.0 Å². The lowest BCUT2D eigenvalue weighted by Gasteiger charge is -2.33. The molecule has 0 spiro atoms. The molecule has 1 fully saturated rings. The lowest BCUT2D eigenvalue weighted by Crippen LogP contribution is -2.44. The molecule has 0 atom stereocenters. The fourth-order valence-corrected chi connectivity index (χ4v) is 3.84. The van der Waals surface area contributed by atoms with Crippen LogP contribution in [0, 0.1) is 5.82 Å². The first-order valence-electron chi connectivity index (χ1n) is 12.2. The predicted octanol–water partition coefficient (Wildman–Crippen LogP) is 3.86. The summed E-state index contributed by atoms with van der Waals surface area (Å²) in [5.74, 6) is 8.54. The summed E-state index contributed by atoms with van der Waals surface area (Å²) in [6.45, 7) is 12.1. The normalized spacial score (nSPS) is 14.6. The molecule has 0 aliphatic carbocycles. The summed E-state index contributed by atoms with van der Waals surface area (Å²) in [5.41, 5.74) is 2.36. The van der Waals surface area contributed by atoms with Crippen molar-refractivity contribution in [3.8, 4) is 0 Å². The number of anilines is 4. The summed E-state index contributed by atoms with van der Waals surface area (Å²) < 4.78 is 13.3. The van der Waals surface area contributed by atoms with Crippen molar-refractivity contribution in [2.45, 2.75) is 19.8 Å². The van der Waals surface area contributed by atoms with Crippen molar-refractivity contribution in [3.63, 3.8) is 0 Å². The first-order valence-corrected chi connectivity index (χ1v) is 12.2. The molecule has 0 saturated carbocycles.